The number of benzene rings is 1. The Bertz CT molecular complexity index is 1120. The highest BCUT2D eigenvalue weighted by Gasteiger charge is 2.12. The second-order valence-electron chi connectivity index (χ2n) is 5.96. The van der Waals surface area contributed by atoms with Crippen molar-refractivity contribution in [3.8, 4) is 11.8 Å². The number of ether oxygens (including phenoxy) is 1. The van der Waals surface area contributed by atoms with E-state index in [1.165, 1.54) is 0 Å². The molecule has 1 aromatic carbocycles. The Labute approximate surface area is 154 Å². The third-order valence-corrected chi connectivity index (χ3v) is 3.89. The summed E-state index contributed by atoms with van der Waals surface area (Å²) >= 11 is 0. The molecule has 0 radical (unpaired) electrons. The number of aromatic nitrogens is 5. The molecule has 27 heavy (non-hydrogen) atoms. The van der Waals surface area contributed by atoms with Gasteiger partial charge < -0.3 is 15.0 Å². The van der Waals surface area contributed by atoms with Gasteiger partial charge in [0.1, 0.15) is 17.3 Å². The van der Waals surface area contributed by atoms with Gasteiger partial charge in [0, 0.05) is 24.1 Å². The maximum atomic E-state index is 12.5. The predicted octanol–water partition coefficient (Wildman–Crippen LogP) is 3.41. The summed E-state index contributed by atoms with van der Waals surface area (Å²) in [5.41, 5.74) is 3.05. The molecule has 0 spiro atoms. The third-order valence-electron chi connectivity index (χ3n) is 3.89. The number of carbonyl (C=O) groups excluding carboxylic acids is 1. The van der Waals surface area contributed by atoms with Gasteiger partial charge in [-0.2, -0.15) is 0 Å². The van der Waals surface area contributed by atoms with Crippen LogP contribution in [0.15, 0.2) is 48.8 Å². The molecule has 1 amide bonds. The van der Waals surface area contributed by atoms with E-state index >= 15 is 0 Å². The van der Waals surface area contributed by atoms with Crippen molar-refractivity contribution >= 4 is 22.8 Å². The van der Waals surface area contributed by atoms with Crippen LogP contribution in [0.2, 0.25) is 0 Å². The topological polar surface area (TPSA) is 106 Å². The molecule has 0 fully saturated rings. The van der Waals surface area contributed by atoms with Gasteiger partial charge in [0.05, 0.1) is 5.52 Å². The first-order chi connectivity index (χ1) is 13.1. The highest BCUT2D eigenvalue weighted by Crippen LogP contribution is 2.26. The van der Waals surface area contributed by atoms with Gasteiger partial charge >= 0.3 is 6.01 Å². The second kappa shape index (κ2) is 6.83. The second-order valence-corrected chi connectivity index (χ2v) is 5.96. The molecule has 0 aliphatic carbocycles. The lowest BCUT2D eigenvalue weighted by molar-refractivity contribution is 0.102. The molecule has 2 N–H and O–H groups in total. The van der Waals surface area contributed by atoms with E-state index in [9.17, 15) is 4.79 Å². The molecule has 8 nitrogen and oxygen atoms in total. The number of rotatable bonds is 4. The Hall–Kier alpha value is -3.81. The normalized spacial score (nSPS) is 10.7. The van der Waals surface area contributed by atoms with E-state index in [1.54, 1.807) is 42.7 Å². The number of amides is 1. The lowest BCUT2D eigenvalue weighted by Gasteiger charge is -2.10. The number of anilines is 1. The average Bonchev–Trinajstić information content (AvgIpc) is 3.04. The van der Waals surface area contributed by atoms with Crippen molar-refractivity contribution in [1.82, 2.24) is 24.9 Å². The van der Waals surface area contributed by atoms with Crippen LogP contribution in [0.5, 0.6) is 11.8 Å². The molecule has 0 aliphatic heterocycles. The van der Waals surface area contributed by atoms with Crippen LogP contribution >= 0.6 is 0 Å². The number of carbonyl (C=O) groups is 1. The van der Waals surface area contributed by atoms with Gasteiger partial charge in [-0.25, -0.2) is 19.9 Å². The zero-order chi connectivity index (χ0) is 18.8. The van der Waals surface area contributed by atoms with Gasteiger partial charge in [0.2, 0.25) is 0 Å². The van der Waals surface area contributed by atoms with Crippen LogP contribution in [0.4, 0.5) is 5.69 Å². The number of nitrogens with one attached hydrogen (secondary N) is 2. The third kappa shape index (κ3) is 3.59. The fraction of sp³-hybridized carbons (Fsp3) is 0.105. The highest BCUT2D eigenvalue weighted by atomic mass is 16.5. The Kier molecular flexibility index (Phi) is 4.21. The minimum atomic E-state index is -0.330. The molecular formula is C19H16N6O2. The van der Waals surface area contributed by atoms with Gasteiger partial charge in [-0.1, -0.05) is 6.07 Å². The first kappa shape index (κ1) is 16.6. The minimum absolute atomic E-state index is 0.241. The lowest BCUT2D eigenvalue weighted by Crippen LogP contribution is -2.13. The van der Waals surface area contributed by atoms with E-state index in [0.717, 1.165) is 16.9 Å². The van der Waals surface area contributed by atoms with E-state index in [4.69, 9.17) is 4.74 Å². The zero-order valence-electron chi connectivity index (χ0n) is 14.7. The fourth-order valence-corrected chi connectivity index (χ4v) is 2.56. The van der Waals surface area contributed by atoms with E-state index < -0.39 is 0 Å². The predicted molar refractivity (Wildman–Crippen MR) is 99.9 cm³/mol. The number of imidazole rings is 1. The Morgan fingerprint density at radius 2 is 1.89 bits per heavy atom. The number of fused-ring (bicyclic) bond motifs is 1. The summed E-state index contributed by atoms with van der Waals surface area (Å²) in [6.45, 7) is 3.74. The fourth-order valence-electron chi connectivity index (χ4n) is 2.56. The number of nitrogens with zero attached hydrogens (tertiary/aromatic N) is 4. The molecule has 0 saturated carbocycles. The molecule has 0 bridgehead atoms. The first-order valence-electron chi connectivity index (χ1n) is 8.29. The lowest BCUT2D eigenvalue weighted by atomic mass is 10.2. The molecule has 134 valence electrons. The molecule has 0 aliphatic rings. The molecule has 3 aromatic heterocycles. The molecule has 8 heteroatoms. The largest absolute Gasteiger partial charge is 0.424 e. The van der Waals surface area contributed by atoms with E-state index in [1.807, 2.05) is 19.9 Å². The summed E-state index contributed by atoms with van der Waals surface area (Å²) < 4.78 is 5.69. The molecular weight excluding hydrogens is 344 g/mol. The van der Waals surface area contributed by atoms with Gasteiger partial charge in [-0.3, -0.25) is 4.79 Å². The van der Waals surface area contributed by atoms with Gasteiger partial charge in [-0.05, 0) is 43.7 Å². The molecule has 0 atom stereocenters. The minimum Gasteiger partial charge on any atom is -0.424 e. The van der Waals surface area contributed by atoms with Crippen LogP contribution in [0.1, 0.15) is 21.9 Å². The zero-order valence-corrected chi connectivity index (χ0v) is 14.7. The van der Waals surface area contributed by atoms with Crippen molar-refractivity contribution in [2.75, 3.05) is 5.32 Å². The SMILES string of the molecule is Cc1nc2nc(C(=O)Nc3ccc(C)c(Oc4ncccn4)c3)ccc2[nH]1. The van der Waals surface area contributed by atoms with Crippen molar-refractivity contribution in [1.29, 1.82) is 0 Å². The maximum absolute atomic E-state index is 12.5. The van der Waals surface area contributed by atoms with Gasteiger partial charge in [0.25, 0.3) is 5.91 Å². The standard InChI is InChI=1S/C19H16N6O2/c1-11-4-5-13(10-16(11)27-19-20-8-3-9-21-19)24-18(26)15-7-6-14-17(25-15)23-12(2)22-14/h3-10H,1-2H3,(H,24,26)(H,22,23,25). The summed E-state index contributed by atoms with van der Waals surface area (Å²) in [5.74, 6) is 0.979. The number of hydrogen-bond donors (Lipinski definition) is 2. The Balaban J connectivity index is 1.56. The number of aromatic amines is 1. The van der Waals surface area contributed by atoms with Crippen molar-refractivity contribution in [2.24, 2.45) is 0 Å². The van der Waals surface area contributed by atoms with Crippen LogP contribution in [-0.4, -0.2) is 30.8 Å². The molecule has 4 rings (SSSR count). The molecule has 4 aromatic rings. The number of aryl methyl sites for hydroxylation is 2. The van der Waals surface area contributed by atoms with Crippen LogP contribution < -0.4 is 10.1 Å². The molecule has 0 unspecified atom stereocenters. The quantitative estimate of drug-likeness (QED) is 0.578. The molecule has 3 heterocycles. The van der Waals surface area contributed by atoms with Crippen LogP contribution in [0, 0.1) is 13.8 Å². The number of pyridine rings is 1. The van der Waals surface area contributed by atoms with Crippen molar-refractivity contribution in [2.45, 2.75) is 13.8 Å². The monoisotopic (exact) mass is 360 g/mol. The summed E-state index contributed by atoms with van der Waals surface area (Å²) in [6, 6.07) is 10.8. The smallest absolute Gasteiger partial charge is 0.321 e. The maximum Gasteiger partial charge on any atom is 0.321 e. The van der Waals surface area contributed by atoms with Gasteiger partial charge in [0.15, 0.2) is 5.65 Å². The van der Waals surface area contributed by atoms with Crippen molar-refractivity contribution in [3.05, 3.63) is 65.9 Å². The summed E-state index contributed by atoms with van der Waals surface area (Å²) in [7, 11) is 0. The van der Waals surface area contributed by atoms with Crippen LogP contribution in [-0.2, 0) is 0 Å². The van der Waals surface area contributed by atoms with Crippen LogP contribution in [0.25, 0.3) is 11.2 Å². The number of hydrogen-bond acceptors (Lipinski definition) is 6. The summed E-state index contributed by atoms with van der Waals surface area (Å²) in [6.07, 6.45) is 3.20. The summed E-state index contributed by atoms with van der Waals surface area (Å²) in [4.78, 5) is 32.3. The van der Waals surface area contributed by atoms with E-state index in [0.29, 0.717) is 17.1 Å². The van der Waals surface area contributed by atoms with Crippen molar-refractivity contribution in [3.63, 3.8) is 0 Å². The van der Waals surface area contributed by atoms with Gasteiger partial charge in [-0.15, -0.1) is 0 Å². The summed E-state index contributed by atoms with van der Waals surface area (Å²) in [5, 5.41) is 2.82. The average molecular weight is 360 g/mol. The van der Waals surface area contributed by atoms with Crippen molar-refractivity contribution < 1.29 is 9.53 Å². The first-order valence-corrected chi connectivity index (χ1v) is 8.29. The molecule has 0 saturated heterocycles. The highest BCUT2D eigenvalue weighted by molar-refractivity contribution is 6.03. The van der Waals surface area contributed by atoms with E-state index in [-0.39, 0.29) is 17.6 Å². The van der Waals surface area contributed by atoms with E-state index in [2.05, 4.69) is 30.2 Å². The Morgan fingerprint density at radius 3 is 2.70 bits per heavy atom. The Morgan fingerprint density at radius 1 is 1.07 bits per heavy atom. The number of H-pyrrole nitrogens is 1. The van der Waals surface area contributed by atoms with Crippen LogP contribution in [0.3, 0.4) is 0 Å².